The van der Waals surface area contributed by atoms with Crippen LogP contribution in [-0.2, 0) is 14.0 Å². The van der Waals surface area contributed by atoms with Gasteiger partial charge in [0.1, 0.15) is 0 Å². The summed E-state index contributed by atoms with van der Waals surface area (Å²) >= 11 is 8.14. The number of allylic oxidation sites excluding steroid dienone is 4. The second-order valence-corrected chi connectivity index (χ2v) is 30.9. The van der Waals surface area contributed by atoms with Gasteiger partial charge in [0, 0.05) is 0 Å². The van der Waals surface area contributed by atoms with Crippen LogP contribution in [0.3, 0.4) is 0 Å². The van der Waals surface area contributed by atoms with Gasteiger partial charge in [0.2, 0.25) is 0 Å². The molecule has 0 spiro atoms. The number of nitrogens with one attached hydrogen (secondary N) is 1. The molecule has 1 rings (SSSR count). The summed E-state index contributed by atoms with van der Waals surface area (Å²) < 4.78 is 0.935. The second kappa shape index (κ2) is 4.69. The van der Waals surface area contributed by atoms with Crippen molar-refractivity contribution in [3.63, 3.8) is 0 Å². The summed E-state index contributed by atoms with van der Waals surface area (Å²) in [5, 5.41) is 15.1. The van der Waals surface area contributed by atoms with Crippen LogP contribution in [0.15, 0.2) is 22.1 Å². The van der Waals surface area contributed by atoms with E-state index in [1.807, 2.05) is 0 Å². The zero-order chi connectivity index (χ0) is 14.0. The maximum absolute atomic E-state index is 5.37. The standard InChI is InChI=1S/C5H5.C3H7Cl2N.5CH3.Ti/c1-2-4-5-3-1;1-3(4,5)6-2;;;;;;/h1-3H,4H2;6H,1-2H3;5*1H3;. The van der Waals surface area contributed by atoms with Crippen LogP contribution in [0, 0.1) is 0 Å². The summed E-state index contributed by atoms with van der Waals surface area (Å²) in [5.41, 5.74) is 0. The summed E-state index contributed by atoms with van der Waals surface area (Å²) in [4.78, 5) is 0. The summed E-state index contributed by atoms with van der Waals surface area (Å²) in [6.07, 6.45) is 7.98. The van der Waals surface area contributed by atoms with Crippen molar-refractivity contribution in [3.05, 3.63) is 22.1 Å². The van der Waals surface area contributed by atoms with Gasteiger partial charge in [-0.3, -0.25) is 5.32 Å². The van der Waals surface area contributed by atoms with Gasteiger partial charge in [-0.1, -0.05) is 23.2 Å². The third-order valence-electron chi connectivity index (χ3n) is 2.82. The molecule has 1 aliphatic carbocycles. The molecule has 0 aromatic carbocycles. The van der Waals surface area contributed by atoms with E-state index < -0.39 is 18.5 Å². The minimum atomic E-state index is -2.61. The van der Waals surface area contributed by atoms with Crippen molar-refractivity contribution in [1.29, 1.82) is 0 Å². The van der Waals surface area contributed by atoms with E-state index in [1.54, 1.807) is 17.8 Å². The summed E-state index contributed by atoms with van der Waals surface area (Å²) in [5.74, 6) is 0. The van der Waals surface area contributed by atoms with Crippen molar-refractivity contribution in [2.75, 3.05) is 7.05 Å². The third kappa shape index (κ3) is 8.45. The molecule has 0 aromatic heterocycles. The van der Waals surface area contributed by atoms with Gasteiger partial charge in [-0.05, 0) is 14.0 Å². The quantitative estimate of drug-likeness (QED) is 0.394. The van der Waals surface area contributed by atoms with Crippen LogP contribution >= 0.6 is 23.2 Å². The first-order chi connectivity index (χ1) is 7.15. The molecule has 0 unspecified atom stereocenters. The monoisotopic (exact) mass is 315 g/mol. The number of halogens is 2. The van der Waals surface area contributed by atoms with Crippen LogP contribution in [0.25, 0.3) is 0 Å². The first-order valence-electron chi connectivity index (χ1n) is 6.10. The number of hydrogen-bond donors (Lipinski definition) is 1. The van der Waals surface area contributed by atoms with E-state index in [4.69, 9.17) is 23.2 Å². The molecule has 102 valence electrons. The SMILES string of the molecule is CNC(C)(Cl)Cl.[CH3][Ti]([CH3])([CH3])([CH3])([CH3])[C]1=CC=CC1. The molecule has 1 aliphatic rings. The molecule has 0 atom stereocenters. The predicted molar refractivity (Wildman–Crippen MR) is 80.3 cm³/mol. The average molecular weight is 316 g/mol. The molecule has 4 heteroatoms. The Morgan fingerprint density at radius 1 is 1.18 bits per heavy atom. The minimum absolute atomic E-state index is 0.764. The van der Waals surface area contributed by atoms with E-state index in [9.17, 15) is 0 Å². The third-order valence-corrected chi connectivity index (χ3v) is 8.79. The normalized spacial score (nSPS) is 19.9. The van der Waals surface area contributed by atoms with Crippen LogP contribution in [0.2, 0.25) is 26.1 Å². The van der Waals surface area contributed by atoms with Gasteiger partial charge < -0.3 is 0 Å². The average Bonchev–Trinajstić information content (AvgIpc) is 2.52. The molecule has 1 N–H and O–H groups in total. The maximum atomic E-state index is 5.37. The van der Waals surface area contributed by atoms with E-state index in [0.29, 0.717) is 0 Å². The number of alkyl halides is 2. The van der Waals surface area contributed by atoms with Crippen molar-refractivity contribution in [2.45, 2.75) is 43.9 Å². The molecule has 0 fully saturated rings. The Labute approximate surface area is 115 Å². The van der Waals surface area contributed by atoms with Crippen LogP contribution in [0.5, 0.6) is 0 Å². The molecule has 0 amide bonds. The van der Waals surface area contributed by atoms with E-state index in [0.717, 1.165) is 0 Å². The molecule has 0 radical (unpaired) electrons. The fourth-order valence-corrected chi connectivity index (χ4v) is 4.60. The van der Waals surface area contributed by atoms with Gasteiger partial charge in [-0.15, -0.1) is 0 Å². The van der Waals surface area contributed by atoms with Crippen molar-refractivity contribution < 1.29 is 14.0 Å². The molecule has 0 heterocycles. The molecule has 17 heavy (non-hydrogen) atoms. The number of hydrogen-bond acceptors (Lipinski definition) is 1. The Kier molecular flexibility index (Phi) is 4.89. The molecular formula is C13H27Cl2NTi. The molecule has 0 bridgehead atoms. The van der Waals surface area contributed by atoms with Crippen molar-refractivity contribution in [2.24, 2.45) is 0 Å². The van der Waals surface area contributed by atoms with Crippen molar-refractivity contribution in [1.82, 2.24) is 5.32 Å². The van der Waals surface area contributed by atoms with Crippen molar-refractivity contribution >= 4 is 23.2 Å². The molecular weight excluding hydrogens is 289 g/mol. The fourth-order valence-electron chi connectivity index (χ4n) is 1.37. The van der Waals surface area contributed by atoms with Crippen LogP contribution < -0.4 is 5.32 Å². The summed E-state index contributed by atoms with van der Waals surface area (Å²) in [6.45, 7) is 1.66. The van der Waals surface area contributed by atoms with Crippen molar-refractivity contribution in [3.8, 4) is 0 Å². The van der Waals surface area contributed by atoms with Crippen LogP contribution in [0.4, 0.5) is 0 Å². The Morgan fingerprint density at radius 2 is 1.59 bits per heavy atom. The molecule has 0 saturated carbocycles. The van der Waals surface area contributed by atoms with E-state index >= 15 is 0 Å². The van der Waals surface area contributed by atoms with E-state index in [2.05, 4.69) is 49.7 Å². The Hall–Kier alpha value is 0.734. The zero-order valence-corrected chi connectivity index (χ0v) is 15.3. The summed E-state index contributed by atoms with van der Waals surface area (Å²) in [6, 6.07) is 0. The van der Waals surface area contributed by atoms with Gasteiger partial charge in [-0.25, -0.2) is 0 Å². The Bertz CT molecular complexity index is 327. The fraction of sp³-hybridized carbons (Fsp3) is 0.692. The first-order valence-corrected chi connectivity index (χ1v) is 15.4. The molecule has 0 aliphatic heterocycles. The topological polar surface area (TPSA) is 12.0 Å². The predicted octanol–water partition coefficient (Wildman–Crippen LogP) is 5.65. The number of rotatable bonds is 2. The Morgan fingerprint density at radius 3 is 1.71 bits per heavy atom. The van der Waals surface area contributed by atoms with Gasteiger partial charge in [0.25, 0.3) is 0 Å². The van der Waals surface area contributed by atoms with Gasteiger partial charge in [-0.2, -0.15) is 0 Å². The Balaban J connectivity index is 0.000000366. The van der Waals surface area contributed by atoms with E-state index in [-0.39, 0.29) is 0 Å². The molecule has 0 saturated heterocycles. The van der Waals surface area contributed by atoms with E-state index in [1.165, 1.54) is 6.42 Å². The van der Waals surface area contributed by atoms with Crippen LogP contribution in [0.1, 0.15) is 13.3 Å². The molecule has 1 nitrogen and oxygen atoms in total. The molecule has 0 aromatic rings. The second-order valence-electron chi connectivity index (χ2n) is 8.71. The first kappa shape index (κ1) is 17.7. The van der Waals surface area contributed by atoms with Gasteiger partial charge in [0.05, 0.1) is 0 Å². The van der Waals surface area contributed by atoms with Crippen LogP contribution in [-0.4, -0.2) is 11.5 Å². The summed E-state index contributed by atoms with van der Waals surface area (Å²) in [7, 11) is 1.69. The van der Waals surface area contributed by atoms with Gasteiger partial charge >= 0.3 is 68.7 Å². The van der Waals surface area contributed by atoms with Gasteiger partial charge in [0.15, 0.2) is 4.46 Å². The zero-order valence-electron chi connectivity index (χ0n) is 12.2.